The standard InChI is InChI=1S/C15H22N4OS.C2HF3O2/c1-20-11-15-10-19(17-16-15)9-13-3-2-5-18(7-13)8-14-4-6-21-12-14;3-2(4,5)1(6)7/h4,6,10,12-13H,2-3,5,7-9,11H2,1H3;(H,6,7). The van der Waals surface area contributed by atoms with Gasteiger partial charge in [-0.25, -0.2) is 4.79 Å². The molecule has 28 heavy (non-hydrogen) atoms. The van der Waals surface area contributed by atoms with Crippen LogP contribution in [0.3, 0.4) is 0 Å². The maximum atomic E-state index is 10.6. The number of hydrogen-bond donors (Lipinski definition) is 1. The van der Waals surface area contributed by atoms with Crippen molar-refractivity contribution in [2.45, 2.75) is 38.7 Å². The number of aliphatic carboxylic acids is 1. The third-order valence-corrected chi connectivity index (χ3v) is 4.89. The molecule has 1 aliphatic heterocycles. The van der Waals surface area contributed by atoms with Crippen molar-refractivity contribution in [3.05, 3.63) is 34.3 Å². The van der Waals surface area contributed by atoms with Gasteiger partial charge in [0.25, 0.3) is 0 Å². The van der Waals surface area contributed by atoms with E-state index < -0.39 is 12.1 Å². The molecule has 0 aliphatic carbocycles. The molecule has 0 aromatic carbocycles. The van der Waals surface area contributed by atoms with Crippen LogP contribution in [0.15, 0.2) is 23.0 Å². The van der Waals surface area contributed by atoms with Crippen LogP contribution in [0, 0.1) is 5.92 Å². The fourth-order valence-corrected chi connectivity index (χ4v) is 3.65. The molecule has 156 valence electrons. The molecule has 1 fully saturated rings. The Morgan fingerprint density at radius 2 is 2.21 bits per heavy atom. The van der Waals surface area contributed by atoms with Crippen LogP contribution in [0.4, 0.5) is 13.2 Å². The number of carbonyl (C=O) groups is 1. The Labute approximate surface area is 164 Å². The molecular formula is C17H23F3N4O3S. The van der Waals surface area contributed by atoms with Crippen molar-refractivity contribution in [3.8, 4) is 0 Å². The number of halogens is 3. The van der Waals surface area contributed by atoms with Gasteiger partial charge in [0.1, 0.15) is 5.69 Å². The number of carboxylic acid groups (broad SMARTS) is 1. The molecule has 3 heterocycles. The number of hydrogen-bond acceptors (Lipinski definition) is 6. The van der Waals surface area contributed by atoms with E-state index in [1.807, 2.05) is 10.9 Å². The van der Waals surface area contributed by atoms with Crippen LogP contribution < -0.4 is 0 Å². The average molecular weight is 420 g/mol. The van der Waals surface area contributed by atoms with Gasteiger partial charge in [-0.2, -0.15) is 24.5 Å². The summed E-state index contributed by atoms with van der Waals surface area (Å²) in [5.41, 5.74) is 2.34. The van der Waals surface area contributed by atoms with Crippen LogP contribution in [0.2, 0.25) is 0 Å². The van der Waals surface area contributed by atoms with E-state index in [0.29, 0.717) is 12.5 Å². The summed E-state index contributed by atoms with van der Waals surface area (Å²) in [4.78, 5) is 11.5. The monoisotopic (exact) mass is 420 g/mol. The zero-order valence-electron chi connectivity index (χ0n) is 15.4. The second kappa shape index (κ2) is 10.5. The SMILES string of the molecule is COCc1cn(CC2CCCN(Cc3ccsc3)C2)nn1.O=C(O)C(F)(F)F. The molecule has 1 saturated heterocycles. The van der Waals surface area contributed by atoms with Crippen molar-refractivity contribution in [1.82, 2.24) is 19.9 Å². The first-order valence-corrected chi connectivity index (χ1v) is 9.63. The summed E-state index contributed by atoms with van der Waals surface area (Å²) < 4.78 is 38.8. The van der Waals surface area contributed by atoms with Crippen LogP contribution in [-0.2, 0) is 29.2 Å². The fraction of sp³-hybridized carbons (Fsp3) is 0.588. The lowest BCUT2D eigenvalue weighted by atomic mass is 9.98. The summed E-state index contributed by atoms with van der Waals surface area (Å²) in [6.45, 7) is 4.92. The second-order valence-electron chi connectivity index (χ2n) is 6.54. The molecule has 0 bridgehead atoms. The number of rotatable bonds is 6. The van der Waals surface area contributed by atoms with Gasteiger partial charge in [0, 0.05) is 26.7 Å². The largest absolute Gasteiger partial charge is 0.490 e. The molecule has 7 nitrogen and oxygen atoms in total. The van der Waals surface area contributed by atoms with Gasteiger partial charge in [-0.05, 0) is 47.7 Å². The number of alkyl halides is 3. The molecule has 3 rings (SSSR count). The van der Waals surface area contributed by atoms with E-state index in [-0.39, 0.29) is 0 Å². The molecule has 2 aromatic rings. The second-order valence-corrected chi connectivity index (χ2v) is 7.32. The summed E-state index contributed by atoms with van der Waals surface area (Å²) in [6, 6.07) is 2.22. The smallest absolute Gasteiger partial charge is 0.475 e. The van der Waals surface area contributed by atoms with Crippen molar-refractivity contribution >= 4 is 17.3 Å². The third-order valence-electron chi connectivity index (χ3n) is 4.16. The summed E-state index contributed by atoms with van der Waals surface area (Å²) in [7, 11) is 1.68. The number of aromatic nitrogens is 3. The highest BCUT2D eigenvalue weighted by atomic mass is 32.1. The Bertz CT molecular complexity index is 722. The average Bonchev–Trinajstić information content (AvgIpc) is 3.28. The number of thiophene rings is 1. The van der Waals surface area contributed by atoms with E-state index >= 15 is 0 Å². The minimum Gasteiger partial charge on any atom is -0.475 e. The maximum Gasteiger partial charge on any atom is 0.490 e. The molecule has 2 aromatic heterocycles. The molecule has 1 N–H and O–H groups in total. The lowest BCUT2D eigenvalue weighted by molar-refractivity contribution is -0.192. The predicted octanol–water partition coefficient (Wildman–Crippen LogP) is 3.03. The van der Waals surface area contributed by atoms with Crippen molar-refractivity contribution in [1.29, 1.82) is 0 Å². The van der Waals surface area contributed by atoms with Crippen LogP contribution in [0.25, 0.3) is 0 Å². The van der Waals surface area contributed by atoms with Gasteiger partial charge in [-0.1, -0.05) is 5.21 Å². The Balaban J connectivity index is 0.000000345. The minimum absolute atomic E-state index is 0.537. The Kier molecular flexibility index (Phi) is 8.39. The van der Waals surface area contributed by atoms with Gasteiger partial charge in [0.15, 0.2) is 0 Å². The Hall–Kier alpha value is -1.98. The minimum atomic E-state index is -5.08. The van der Waals surface area contributed by atoms with E-state index in [2.05, 4.69) is 32.0 Å². The Morgan fingerprint density at radius 3 is 2.82 bits per heavy atom. The van der Waals surface area contributed by atoms with Crippen molar-refractivity contribution < 1.29 is 27.8 Å². The highest BCUT2D eigenvalue weighted by Gasteiger charge is 2.38. The highest BCUT2D eigenvalue weighted by molar-refractivity contribution is 7.07. The van der Waals surface area contributed by atoms with Crippen LogP contribution >= 0.6 is 11.3 Å². The molecule has 11 heteroatoms. The van der Waals surface area contributed by atoms with E-state index in [1.54, 1.807) is 18.4 Å². The molecule has 1 unspecified atom stereocenters. The lowest BCUT2D eigenvalue weighted by Crippen LogP contribution is -2.36. The van der Waals surface area contributed by atoms with Crippen LogP contribution in [-0.4, -0.2) is 57.3 Å². The third kappa shape index (κ3) is 7.56. The molecule has 0 radical (unpaired) electrons. The zero-order valence-corrected chi connectivity index (χ0v) is 16.2. The Morgan fingerprint density at radius 1 is 1.46 bits per heavy atom. The van der Waals surface area contributed by atoms with Gasteiger partial charge in [-0.3, -0.25) is 9.58 Å². The van der Waals surface area contributed by atoms with Gasteiger partial charge in [0.05, 0.1) is 12.8 Å². The molecule has 1 aliphatic rings. The van der Waals surface area contributed by atoms with Crippen LogP contribution in [0.5, 0.6) is 0 Å². The molecule has 0 amide bonds. The zero-order chi connectivity index (χ0) is 20.6. The molecule has 0 saturated carbocycles. The molecule has 0 spiro atoms. The van der Waals surface area contributed by atoms with Gasteiger partial charge >= 0.3 is 12.1 Å². The van der Waals surface area contributed by atoms with Crippen molar-refractivity contribution in [2.75, 3.05) is 20.2 Å². The summed E-state index contributed by atoms with van der Waals surface area (Å²) in [5, 5.41) is 19.9. The predicted molar refractivity (Wildman–Crippen MR) is 96.7 cm³/mol. The van der Waals surface area contributed by atoms with Crippen molar-refractivity contribution in [3.63, 3.8) is 0 Å². The fourth-order valence-electron chi connectivity index (χ4n) is 2.99. The first-order valence-electron chi connectivity index (χ1n) is 8.69. The van der Waals surface area contributed by atoms with Crippen LogP contribution in [0.1, 0.15) is 24.1 Å². The topological polar surface area (TPSA) is 80.5 Å². The first-order chi connectivity index (χ1) is 13.3. The normalized spacial score (nSPS) is 17.8. The summed E-state index contributed by atoms with van der Waals surface area (Å²) in [6.07, 6.45) is -0.532. The first kappa shape index (κ1) is 22.3. The highest BCUT2D eigenvalue weighted by Crippen LogP contribution is 2.20. The number of carboxylic acids is 1. The lowest BCUT2D eigenvalue weighted by Gasteiger charge is -2.32. The van der Waals surface area contributed by atoms with E-state index in [1.165, 1.54) is 24.9 Å². The number of methoxy groups -OCH3 is 1. The molecule has 1 atom stereocenters. The van der Waals surface area contributed by atoms with E-state index in [9.17, 15) is 13.2 Å². The van der Waals surface area contributed by atoms with Gasteiger partial charge in [-0.15, -0.1) is 5.10 Å². The quantitative estimate of drug-likeness (QED) is 0.774. The van der Waals surface area contributed by atoms with E-state index in [0.717, 1.165) is 25.3 Å². The number of nitrogens with zero attached hydrogens (tertiary/aromatic N) is 4. The van der Waals surface area contributed by atoms with E-state index in [4.69, 9.17) is 14.6 Å². The maximum absolute atomic E-state index is 10.6. The van der Waals surface area contributed by atoms with Gasteiger partial charge in [0.2, 0.25) is 0 Å². The van der Waals surface area contributed by atoms with Crippen molar-refractivity contribution in [2.24, 2.45) is 5.92 Å². The summed E-state index contributed by atoms with van der Waals surface area (Å²) >= 11 is 1.78. The number of piperidine rings is 1. The molecular weight excluding hydrogens is 397 g/mol. The van der Waals surface area contributed by atoms with Gasteiger partial charge < -0.3 is 9.84 Å². The number of ether oxygens (including phenoxy) is 1. The number of likely N-dealkylation sites (tertiary alicyclic amines) is 1. The summed E-state index contributed by atoms with van der Waals surface area (Å²) in [5.74, 6) is -2.10.